The molecule has 2 amide bonds. The predicted molar refractivity (Wildman–Crippen MR) is 106 cm³/mol. The Labute approximate surface area is 166 Å². The monoisotopic (exact) mass is 390 g/mol. The van der Waals surface area contributed by atoms with Gasteiger partial charge in [0.1, 0.15) is 5.49 Å². The quantitative estimate of drug-likeness (QED) is 0.515. The first-order valence-electron chi connectivity index (χ1n) is 8.82. The third kappa shape index (κ3) is 5.46. The number of hydrogen-bond acceptors (Lipinski definition) is 4. The third-order valence-corrected chi connectivity index (χ3v) is 4.07. The number of rotatable bonds is 6. The number of amides is 2. The Bertz CT molecular complexity index is 1110. The molecule has 1 N–H and O–H groups in total. The summed E-state index contributed by atoms with van der Waals surface area (Å²) in [6.07, 6.45) is 1.82. The molecule has 0 fully saturated rings. The van der Waals surface area contributed by atoms with Gasteiger partial charge in [0.25, 0.3) is 17.5 Å². The van der Waals surface area contributed by atoms with Crippen LogP contribution in [0.5, 0.6) is 0 Å². The van der Waals surface area contributed by atoms with E-state index in [9.17, 15) is 19.7 Å². The van der Waals surface area contributed by atoms with Crippen molar-refractivity contribution < 1.29 is 14.5 Å². The lowest BCUT2D eigenvalue weighted by Gasteiger charge is -2.07. The van der Waals surface area contributed by atoms with E-state index in [2.05, 4.69) is 10.3 Å². The Morgan fingerprint density at radius 1 is 1.00 bits per heavy atom. The van der Waals surface area contributed by atoms with Crippen molar-refractivity contribution in [1.82, 2.24) is 9.88 Å². The second kappa shape index (κ2) is 9.23. The summed E-state index contributed by atoms with van der Waals surface area (Å²) in [5.74, 6) is -1.11. The molecule has 0 atom stereocenters. The molecule has 0 spiro atoms. The van der Waals surface area contributed by atoms with Crippen LogP contribution in [-0.2, 0) is 11.3 Å². The van der Waals surface area contributed by atoms with Crippen LogP contribution in [0.2, 0.25) is 0 Å². The Kier molecular flexibility index (Phi) is 6.26. The number of carbonyl (C=O) groups excluding carboxylic acids is 2. The summed E-state index contributed by atoms with van der Waals surface area (Å²) in [5.41, 5.74) is 1.43. The van der Waals surface area contributed by atoms with Crippen molar-refractivity contribution in [2.45, 2.75) is 6.54 Å². The lowest BCUT2D eigenvalue weighted by atomic mass is 10.2. The average molecular weight is 390 g/mol. The Hall–Kier alpha value is -4.07. The van der Waals surface area contributed by atoms with Gasteiger partial charge in [0.2, 0.25) is 0 Å². The van der Waals surface area contributed by atoms with Crippen LogP contribution in [0.4, 0.5) is 5.69 Å². The number of carbonyl (C=O) groups is 2. The van der Waals surface area contributed by atoms with Crippen LogP contribution < -0.4 is 10.8 Å². The first-order valence-corrected chi connectivity index (χ1v) is 8.82. The van der Waals surface area contributed by atoms with Crippen LogP contribution in [0.3, 0.4) is 0 Å². The van der Waals surface area contributed by atoms with Gasteiger partial charge in [0, 0.05) is 30.4 Å². The average Bonchev–Trinajstić information content (AvgIpc) is 2.74. The maximum Gasteiger partial charge on any atom is 0.270 e. The third-order valence-electron chi connectivity index (χ3n) is 4.07. The number of nitrogens with one attached hydrogen (secondary N) is 1. The number of non-ortho nitro benzene ring substituents is 1. The lowest BCUT2D eigenvalue weighted by molar-refractivity contribution is -0.384. The molecule has 0 radical (unpaired) electrons. The molecule has 0 saturated carbocycles. The zero-order valence-electron chi connectivity index (χ0n) is 15.4. The summed E-state index contributed by atoms with van der Waals surface area (Å²) in [6.45, 7) is 0.232. The fraction of sp³-hybridized carbons (Fsp3) is 0.0952. The van der Waals surface area contributed by atoms with E-state index in [4.69, 9.17) is 0 Å². The van der Waals surface area contributed by atoms with Gasteiger partial charge in [-0.15, -0.1) is 0 Å². The number of nitrogens with zero attached hydrogens (tertiary/aromatic N) is 3. The molecule has 8 nitrogen and oxygen atoms in total. The number of aromatic nitrogens is 1. The van der Waals surface area contributed by atoms with Gasteiger partial charge in [0.15, 0.2) is 0 Å². The minimum atomic E-state index is -0.585. The molecule has 29 heavy (non-hydrogen) atoms. The molecule has 1 heterocycles. The van der Waals surface area contributed by atoms with Crippen LogP contribution in [0.15, 0.2) is 84.0 Å². The summed E-state index contributed by atoms with van der Waals surface area (Å²) in [4.78, 5) is 38.7. The lowest BCUT2D eigenvalue weighted by Crippen LogP contribution is -2.31. The van der Waals surface area contributed by atoms with Crippen LogP contribution >= 0.6 is 0 Å². The van der Waals surface area contributed by atoms with Gasteiger partial charge in [-0.05, 0) is 23.8 Å². The van der Waals surface area contributed by atoms with Crippen molar-refractivity contribution in [3.8, 4) is 0 Å². The van der Waals surface area contributed by atoms with Crippen molar-refractivity contribution in [1.29, 1.82) is 0 Å². The smallest absolute Gasteiger partial charge is 0.270 e. The summed E-state index contributed by atoms with van der Waals surface area (Å²) >= 11 is 0. The molecule has 0 aliphatic rings. The number of nitro benzene ring substituents is 1. The van der Waals surface area contributed by atoms with E-state index < -0.39 is 16.7 Å². The number of benzene rings is 2. The summed E-state index contributed by atoms with van der Waals surface area (Å²) in [7, 11) is 0. The minimum absolute atomic E-state index is 0.103. The van der Waals surface area contributed by atoms with Gasteiger partial charge in [-0.1, -0.05) is 42.5 Å². The minimum Gasteiger partial charge on any atom is -0.343 e. The van der Waals surface area contributed by atoms with E-state index in [1.807, 2.05) is 47.2 Å². The molecule has 1 aromatic heterocycles. The van der Waals surface area contributed by atoms with Crippen LogP contribution in [-0.4, -0.2) is 27.8 Å². The molecule has 8 heteroatoms. The molecule has 3 aromatic rings. The molecular weight excluding hydrogens is 372 g/mol. The highest BCUT2D eigenvalue weighted by atomic mass is 16.6. The number of hydrogen-bond donors (Lipinski definition) is 1. The van der Waals surface area contributed by atoms with E-state index >= 15 is 0 Å². The summed E-state index contributed by atoms with van der Waals surface area (Å²) in [5, 5.41) is 13.3. The molecule has 0 saturated heterocycles. The molecule has 146 valence electrons. The summed E-state index contributed by atoms with van der Waals surface area (Å²) < 4.78 is 1.83. The second-order valence-corrected chi connectivity index (χ2v) is 6.17. The van der Waals surface area contributed by atoms with E-state index in [0.717, 1.165) is 11.6 Å². The predicted octanol–water partition coefficient (Wildman–Crippen LogP) is 2.30. The largest absolute Gasteiger partial charge is 0.343 e. The molecule has 0 bridgehead atoms. The molecular formula is C21H18N4O4. The number of nitro groups is 1. The molecule has 0 unspecified atom stereocenters. The van der Waals surface area contributed by atoms with Crippen molar-refractivity contribution in [2.75, 3.05) is 6.54 Å². The highest BCUT2D eigenvalue weighted by Gasteiger charge is 2.12. The van der Waals surface area contributed by atoms with Crippen LogP contribution in [0.1, 0.15) is 15.9 Å². The Balaban J connectivity index is 1.69. The van der Waals surface area contributed by atoms with Gasteiger partial charge in [-0.3, -0.25) is 19.7 Å². The van der Waals surface area contributed by atoms with Crippen molar-refractivity contribution in [3.63, 3.8) is 0 Å². The standard InChI is InChI=1S/C21H18N4O4/c26-20(14-22-21(27)17-9-6-10-18(13-17)25(28)29)23-19-11-4-5-12-24(19)15-16-7-2-1-3-8-16/h1-13H,14-15H2,(H,22,27). The normalized spacial score (nSPS) is 11.1. The second-order valence-electron chi connectivity index (χ2n) is 6.17. The summed E-state index contributed by atoms with van der Waals surface area (Å²) in [6, 6.07) is 20.4. The maximum atomic E-state index is 12.2. The Morgan fingerprint density at radius 3 is 2.52 bits per heavy atom. The fourth-order valence-corrected chi connectivity index (χ4v) is 2.67. The number of pyridine rings is 1. The first kappa shape index (κ1) is 19.7. The van der Waals surface area contributed by atoms with Gasteiger partial charge < -0.3 is 9.88 Å². The zero-order chi connectivity index (χ0) is 20.6. The Morgan fingerprint density at radius 2 is 1.76 bits per heavy atom. The highest BCUT2D eigenvalue weighted by Crippen LogP contribution is 2.12. The van der Waals surface area contributed by atoms with Crippen LogP contribution in [0.25, 0.3) is 0 Å². The fourth-order valence-electron chi connectivity index (χ4n) is 2.67. The topological polar surface area (TPSA) is 107 Å². The van der Waals surface area contributed by atoms with E-state index in [1.54, 1.807) is 12.1 Å². The van der Waals surface area contributed by atoms with E-state index in [0.29, 0.717) is 12.0 Å². The first-order chi connectivity index (χ1) is 14.0. The van der Waals surface area contributed by atoms with Gasteiger partial charge in [0.05, 0.1) is 11.5 Å². The van der Waals surface area contributed by atoms with Crippen molar-refractivity contribution in [2.24, 2.45) is 4.99 Å². The highest BCUT2D eigenvalue weighted by molar-refractivity contribution is 5.97. The zero-order valence-corrected chi connectivity index (χ0v) is 15.4. The van der Waals surface area contributed by atoms with Crippen LogP contribution in [0, 0.1) is 10.1 Å². The van der Waals surface area contributed by atoms with Crippen molar-refractivity contribution in [3.05, 3.63) is 106 Å². The SMILES string of the molecule is O=C(CNC(=O)c1cccc([N+](=O)[O-])c1)N=c1ccccn1Cc1ccccc1. The van der Waals surface area contributed by atoms with E-state index in [1.165, 1.54) is 18.2 Å². The van der Waals surface area contributed by atoms with E-state index in [-0.39, 0.29) is 17.8 Å². The molecule has 2 aromatic carbocycles. The van der Waals surface area contributed by atoms with Gasteiger partial charge in [-0.25, -0.2) is 0 Å². The molecule has 3 rings (SSSR count). The molecule has 0 aliphatic heterocycles. The maximum absolute atomic E-state index is 12.2. The van der Waals surface area contributed by atoms with Crippen molar-refractivity contribution >= 4 is 17.5 Å². The molecule has 0 aliphatic carbocycles. The van der Waals surface area contributed by atoms with Gasteiger partial charge in [-0.2, -0.15) is 4.99 Å². The van der Waals surface area contributed by atoms with Gasteiger partial charge >= 0.3 is 0 Å².